The molecule has 6 heteroatoms. The molecular formula is C17H13F2N3O. The molecule has 0 fully saturated rings. The SMILES string of the molecule is O=C(Nc1cccc(Cn2cccn2)c1)c1c(F)cccc1F. The van der Waals surface area contributed by atoms with Gasteiger partial charge in [-0.2, -0.15) is 5.10 Å². The Morgan fingerprint density at radius 3 is 2.52 bits per heavy atom. The third-order valence-corrected chi connectivity index (χ3v) is 3.28. The van der Waals surface area contributed by atoms with Crippen molar-refractivity contribution >= 4 is 11.6 Å². The standard InChI is InChI=1S/C17H13F2N3O/c18-14-6-2-7-15(19)16(14)17(23)21-13-5-1-4-12(10-13)11-22-9-3-8-20-22/h1-10H,11H2,(H,21,23). The summed E-state index contributed by atoms with van der Waals surface area (Å²) >= 11 is 0. The highest BCUT2D eigenvalue weighted by molar-refractivity contribution is 6.04. The Bertz CT molecular complexity index is 811. The van der Waals surface area contributed by atoms with E-state index < -0.39 is 23.1 Å². The first kappa shape index (κ1) is 14.9. The number of aromatic nitrogens is 2. The van der Waals surface area contributed by atoms with E-state index in [9.17, 15) is 13.6 Å². The van der Waals surface area contributed by atoms with Gasteiger partial charge in [-0.05, 0) is 35.9 Å². The van der Waals surface area contributed by atoms with E-state index in [0.717, 1.165) is 17.7 Å². The molecule has 0 bridgehead atoms. The predicted molar refractivity (Wildman–Crippen MR) is 82.1 cm³/mol. The third-order valence-electron chi connectivity index (χ3n) is 3.28. The second kappa shape index (κ2) is 6.39. The van der Waals surface area contributed by atoms with E-state index in [1.54, 1.807) is 29.1 Å². The number of rotatable bonds is 4. The van der Waals surface area contributed by atoms with Crippen LogP contribution < -0.4 is 5.32 Å². The molecule has 0 atom stereocenters. The molecule has 0 aliphatic rings. The van der Waals surface area contributed by atoms with Gasteiger partial charge in [0.2, 0.25) is 0 Å². The summed E-state index contributed by atoms with van der Waals surface area (Å²) in [5, 5.41) is 6.61. The minimum absolute atomic E-state index is 0.460. The molecule has 0 spiro atoms. The summed E-state index contributed by atoms with van der Waals surface area (Å²) in [6.45, 7) is 0.533. The van der Waals surface area contributed by atoms with Crippen LogP contribution in [-0.4, -0.2) is 15.7 Å². The number of benzene rings is 2. The van der Waals surface area contributed by atoms with Crippen LogP contribution in [0.15, 0.2) is 60.9 Å². The van der Waals surface area contributed by atoms with Crippen LogP contribution in [0.2, 0.25) is 0 Å². The molecule has 0 radical (unpaired) electrons. The van der Waals surface area contributed by atoms with E-state index in [1.165, 1.54) is 6.07 Å². The largest absolute Gasteiger partial charge is 0.322 e. The van der Waals surface area contributed by atoms with Crippen LogP contribution in [0.25, 0.3) is 0 Å². The van der Waals surface area contributed by atoms with E-state index in [2.05, 4.69) is 10.4 Å². The van der Waals surface area contributed by atoms with Gasteiger partial charge in [-0.15, -0.1) is 0 Å². The van der Waals surface area contributed by atoms with Gasteiger partial charge < -0.3 is 5.32 Å². The third kappa shape index (κ3) is 3.42. The van der Waals surface area contributed by atoms with Crippen molar-refractivity contribution in [3.63, 3.8) is 0 Å². The lowest BCUT2D eigenvalue weighted by Gasteiger charge is -2.09. The molecule has 1 heterocycles. The Kier molecular flexibility index (Phi) is 4.14. The van der Waals surface area contributed by atoms with Gasteiger partial charge in [0.25, 0.3) is 5.91 Å². The summed E-state index contributed by atoms with van der Waals surface area (Å²) < 4.78 is 29.0. The summed E-state index contributed by atoms with van der Waals surface area (Å²) in [4.78, 5) is 12.1. The molecule has 3 aromatic rings. The van der Waals surface area contributed by atoms with Crippen LogP contribution in [0.5, 0.6) is 0 Å². The highest BCUT2D eigenvalue weighted by Crippen LogP contribution is 2.16. The van der Waals surface area contributed by atoms with Crippen LogP contribution in [0, 0.1) is 11.6 Å². The van der Waals surface area contributed by atoms with Crippen LogP contribution in [0.1, 0.15) is 15.9 Å². The van der Waals surface area contributed by atoms with Crippen molar-refractivity contribution in [3.05, 3.63) is 83.7 Å². The number of hydrogen-bond acceptors (Lipinski definition) is 2. The molecule has 1 amide bonds. The van der Waals surface area contributed by atoms with Crippen LogP contribution >= 0.6 is 0 Å². The molecule has 1 aromatic heterocycles. The van der Waals surface area contributed by atoms with Crippen LogP contribution in [-0.2, 0) is 6.54 Å². The van der Waals surface area contributed by atoms with E-state index >= 15 is 0 Å². The molecular weight excluding hydrogens is 300 g/mol. The number of anilines is 1. The molecule has 2 aromatic carbocycles. The summed E-state index contributed by atoms with van der Waals surface area (Å²) in [5.74, 6) is -2.61. The minimum atomic E-state index is -0.893. The fraction of sp³-hybridized carbons (Fsp3) is 0.0588. The maximum absolute atomic E-state index is 13.6. The zero-order valence-electron chi connectivity index (χ0n) is 12.0. The van der Waals surface area contributed by atoms with Crippen molar-refractivity contribution < 1.29 is 13.6 Å². The van der Waals surface area contributed by atoms with Crippen molar-refractivity contribution in [2.24, 2.45) is 0 Å². The van der Waals surface area contributed by atoms with Crippen LogP contribution in [0.4, 0.5) is 14.5 Å². The smallest absolute Gasteiger partial charge is 0.261 e. The average Bonchev–Trinajstić information content (AvgIpc) is 3.00. The predicted octanol–water partition coefficient (Wildman–Crippen LogP) is 3.46. The van der Waals surface area contributed by atoms with E-state index in [4.69, 9.17) is 0 Å². The molecule has 0 aliphatic carbocycles. The monoisotopic (exact) mass is 313 g/mol. The van der Waals surface area contributed by atoms with Gasteiger partial charge in [-0.25, -0.2) is 8.78 Å². The molecule has 116 valence electrons. The normalized spacial score (nSPS) is 10.5. The number of halogens is 2. The molecule has 0 saturated heterocycles. The molecule has 4 nitrogen and oxygen atoms in total. The van der Waals surface area contributed by atoms with Gasteiger partial charge in [0.1, 0.15) is 17.2 Å². The van der Waals surface area contributed by atoms with Crippen molar-refractivity contribution in [1.29, 1.82) is 0 Å². The molecule has 1 N–H and O–H groups in total. The molecule has 3 rings (SSSR count). The first-order chi connectivity index (χ1) is 11.1. The fourth-order valence-corrected chi connectivity index (χ4v) is 2.24. The highest BCUT2D eigenvalue weighted by atomic mass is 19.1. The summed E-state index contributed by atoms with van der Waals surface area (Å²) in [6.07, 6.45) is 3.49. The number of nitrogens with one attached hydrogen (secondary N) is 1. The molecule has 0 aliphatic heterocycles. The van der Waals surface area contributed by atoms with E-state index in [1.807, 2.05) is 18.3 Å². The number of amides is 1. The van der Waals surface area contributed by atoms with Crippen molar-refractivity contribution in [3.8, 4) is 0 Å². The maximum Gasteiger partial charge on any atom is 0.261 e. The van der Waals surface area contributed by atoms with Gasteiger partial charge in [0.15, 0.2) is 0 Å². The van der Waals surface area contributed by atoms with Gasteiger partial charge in [-0.3, -0.25) is 9.48 Å². The van der Waals surface area contributed by atoms with E-state index in [0.29, 0.717) is 12.2 Å². The Morgan fingerprint density at radius 2 is 1.83 bits per heavy atom. The summed E-state index contributed by atoms with van der Waals surface area (Å²) in [7, 11) is 0. The topological polar surface area (TPSA) is 46.9 Å². The summed E-state index contributed by atoms with van der Waals surface area (Å²) in [5.41, 5.74) is 0.771. The molecule has 0 unspecified atom stereocenters. The summed E-state index contributed by atoms with van der Waals surface area (Å²) in [6, 6.07) is 12.1. The van der Waals surface area contributed by atoms with Gasteiger partial charge >= 0.3 is 0 Å². The second-order valence-electron chi connectivity index (χ2n) is 4.95. The average molecular weight is 313 g/mol. The zero-order chi connectivity index (χ0) is 16.2. The number of hydrogen-bond donors (Lipinski definition) is 1. The Morgan fingerprint density at radius 1 is 1.09 bits per heavy atom. The second-order valence-corrected chi connectivity index (χ2v) is 4.95. The van der Waals surface area contributed by atoms with Gasteiger partial charge in [-0.1, -0.05) is 18.2 Å². The van der Waals surface area contributed by atoms with E-state index in [-0.39, 0.29) is 0 Å². The lowest BCUT2D eigenvalue weighted by Crippen LogP contribution is -2.16. The van der Waals surface area contributed by atoms with Crippen molar-refractivity contribution in [2.75, 3.05) is 5.32 Å². The number of carbonyl (C=O) groups excluding carboxylic acids is 1. The van der Waals surface area contributed by atoms with Crippen LogP contribution in [0.3, 0.4) is 0 Å². The van der Waals surface area contributed by atoms with Crippen molar-refractivity contribution in [2.45, 2.75) is 6.54 Å². The first-order valence-electron chi connectivity index (χ1n) is 6.95. The quantitative estimate of drug-likeness (QED) is 0.802. The first-order valence-corrected chi connectivity index (χ1v) is 6.95. The maximum atomic E-state index is 13.6. The highest BCUT2D eigenvalue weighted by Gasteiger charge is 2.17. The van der Waals surface area contributed by atoms with Gasteiger partial charge in [0, 0.05) is 18.1 Å². The Labute approximate surface area is 131 Å². The Hall–Kier alpha value is -3.02. The minimum Gasteiger partial charge on any atom is -0.322 e. The lowest BCUT2D eigenvalue weighted by molar-refractivity contribution is 0.101. The lowest BCUT2D eigenvalue weighted by atomic mass is 10.1. The van der Waals surface area contributed by atoms with Crippen molar-refractivity contribution in [1.82, 2.24) is 9.78 Å². The number of nitrogens with zero attached hydrogens (tertiary/aromatic N) is 2. The molecule has 0 saturated carbocycles. The zero-order valence-corrected chi connectivity index (χ0v) is 12.0. The fourth-order valence-electron chi connectivity index (χ4n) is 2.24. The molecule has 23 heavy (non-hydrogen) atoms. The van der Waals surface area contributed by atoms with Gasteiger partial charge in [0.05, 0.1) is 6.54 Å². The number of carbonyl (C=O) groups is 1. The Balaban J connectivity index is 1.79.